The second-order valence-electron chi connectivity index (χ2n) is 8.65. The molecule has 0 amide bonds. The fraction of sp³-hybridized carbons (Fsp3) is 0.640. The predicted molar refractivity (Wildman–Crippen MR) is 119 cm³/mol. The number of ether oxygens (including phenoxy) is 6. The van der Waals surface area contributed by atoms with Gasteiger partial charge in [-0.15, -0.1) is 0 Å². The van der Waals surface area contributed by atoms with Crippen molar-refractivity contribution in [2.24, 2.45) is 0 Å². The molecule has 188 valence electrons. The van der Waals surface area contributed by atoms with E-state index in [2.05, 4.69) is 0 Å². The van der Waals surface area contributed by atoms with Crippen LogP contribution in [0.4, 0.5) is 0 Å². The number of esters is 3. The molecule has 9 nitrogen and oxygen atoms in total. The highest BCUT2D eigenvalue weighted by atomic mass is 16.7. The molecule has 5 atom stereocenters. The van der Waals surface area contributed by atoms with Crippen LogP contribution < -0.4 is 0 Å². The molecule has 0 bridgehead atoms. The molecule has 1 saturated carbocycles. The lowest BCUT2D eigenvalue weighted by Gasteiger charge is -2.45. The molecule has 1 aliphatic heterocycles. The summed E-state index contributed by atoms with van der Waals surface area (Å²) in [6.07, 6.45) is 0.214. The summed E-state index contributed by atoms with van der Waals surface area (Å²) in [5.74, 6) is -1.67. The Balaban J connectivity index is 1.89. The van der Waals surface area contributed by atoms with Crippen LogP contribution in [0, 0.1) is 0 Å². The summed E-state index contributed by atoms with van der Waals surface area (Å²) >= 11 is 0. The van der Waals surface area contributed by atoms with Gasteiger partial charge in [-0.3, -0.25) is 14.4 Å². The molecule has 9 heteroatoms. The van der Waals surface area contributed by atoms with E-state index in [0.29, 0.717) is 0 Å². The maximum atomic E-state index is 12.0. The van der Waals surface area contributed by atoms with Gasteiger partial charge < -0.3 is 28.4 Å². The summed E-state index contributed by atoms with van der Waals surface area (Å²) in [7, 11) is 0. The molecule has 0 N–H and O–H groups in total. The van der Waals surface area contributed by atoms with Crippen molar-refractivity contribution in [3.63, 3.8) is 0 Å². The van der Waals surface area contributed by atoms with E-state index in [1.54, 1.807) is 0 Å². The third-order valence-electron chi connectivity index (χ3n) is 5.81. The van der Waals surface area contributed by atoms with Crippen molar-refractivity contribution in [2.75, 3.05) is 6.61 Å². The Kier molecular flexibility index (Phi) is 9.86. The van der Waals surface area contributed by atoms with Gasteiger partial charge in [-0.25, -0.2) is 0 Å². The molecule has 0 spiro atoms. The minimum atomic E-state index is -1.05. The molecule has 0 radical (unpaired) electrons. The van der Waals surface area contributed by atoms with E-state index in [4.69, 9.17) is 28.4 Å². The van der Waals surface area contributed by atoms with Gasteiger partial charge in [-0.05, 0) is 18.4 Å². The zero-order valence-electron chi connectivity index (χ0n) is 20.0. The first-order valence-electron chi connectivity index (χ1n) is 11.8. The van der Waals surface area contributed by atoms with Crippen LogP contribution in [0.25, 0.3) is 0 Å². The first kappa shape index (κ1) is 26.1. The molecule has 1 heterocycles. The number of hydrogen-bond acceptors (Lipinski definition) is 9. The van der Waals surface area contributed by atoms with Gasteiger partial charge in [0.25, 0.3) is 0 Å². The van der Waals surface area contributed by atoms with E-state index in [0.717, 1.165) is 37.7 Å². The molecule has 1 aromatic carbocycles. The van der Waals surface area contributed by atoms with E-state index in [-0.39, 0.29) is 19.3 Å². The molecule has 2 aliphatic rings. The Morgan fingerprint density at radius 2 is 1.50 bits per heavy atom. The summed E-state index contributed by atoms with van der Waals surface area (Å²) < 4.78 is 35.0. The van der Waals surface area contributed by atoms with Crippen LogP contribution in [-0.2, 0) is 49.4 Å². The van der Waals surface area contributed by atoms with Gasteiger partial charge in [-0.2, -0.15) is 0 Å². The van der Waals surface area contributed by atoms with Crippen LogP contribution in [-0.4, -0.2) is 61.3 Å². The van der Waals surface area contributed by atoms with Crippen molar-refractivity contribution >= 4 is 17.9 Å². The van der Waals surface area contributed by atoms with Gasteiger partial charge in [0.15, 0.2) is 18.5 Å². The van der Waals surface area contributed by atoms with E-state index in [1.807, 2.05) is 30.3 Å². The van der Waals surface area contributed by atoms with Gasteiger partial charge in [0.05, 0.1) is 12.7 Å². The van der Waals surface area contributed by atoms with E-state index >= 15 is 0 Å². The second-order valence-corrected chi connectivity index (χ2v) is 8.65. The molecular weight excluding hydrogens is 444 g/mol. The quantitative estimate of drug-likeness (QED) is 0.391. The Morgan fingerprint density at radius 3 is 2.12 bits per heavy atom. The number of benzene rings is 1. The van der Waals surface area contributed by atoms with Crippen LogP contribution in [0.5, 0.6) is 0 Å². The molecule has 0 aromatic heterocycles. The van der Waals surface area contributed by atoms with Crippen LogP contribution in [0.15, 0.2) is 30.3 Å². The van der Waals surface area contributed by atoms with Gasteiger partial charge in [-0.1, -0.05) is 49.6 Å². The molecular formula is C25H34O9. The number of carbonyl (C=O) groups excluding carboxylic acids is 3. The molecule has 1 aliphatic carbocycles. The van der Waals surface area contributed by atoms with Crippen molar-refractivity contribution in [3.05, 3.63) is 35.9 Å². The summed E-state index contributed by atoms with van der Waals surface area (Å²) in [6, 6.07) is 9.52. The SMILES string of the molecule is CC(=O)OC[C@H]1O[C@@H](OC2CCCCC2)[C@H](OCc2ccccc2)[C@@H](OC(C)=O)[C@@H]1OC(C)=O. The Bertz CT molecular complexity index is 806. The fourth-order valence-electron chi connectivity index (χ4n) is 4.31. The largest absolute Gasteiger partial charge is 0.463 e. The molecule has 1 saturated heterocycles. The van der Waals surface area contributed by atoms with Crippen LogP contribution >= 0.6 is 0 Å². The van der Waals surface area contributed by atoms with Crippen LogP contribution in [0.1, 0.15) is 58.4 Å². The molecule has 0 unspecified atom stereocenters. The number of rotatable bonds is 9. The van der Waals surface area contributed by atoms with Crippen molar-refractivity contribution in [1.82, 2.24) is 0 Å². The Morgan fingerprint density at radius 1 is 0.853 bits per heavy atom. The van der Waals surface area contributed by atoms with Gasteiger partial charge in [0.1, 0.15) is 18.8 Å². The van der Waals surface area contributed by atoms with E-state index in [1.165, 1.54) is 20.8 Å². The van der Waals surface area contributed by atoms with Gasteiger partial charge >= 0.3 is 17.9 Å². The van der Waals surface area contributed by atoms with Crippen molar-refractivity contribution < 1.29 is 42.8 Å². The second kappa shape index (κ2) is 12.8. The summed E-state index contributed by atoms with van der Waals surface area (Å²) in [4.78, 5) is 35.4. The molecule has 34 heavy (non-hydrogen) atoms. The van der Waals surface area contributed by atoms with Gasteiger partial charge in [0, 0.05) is 20.8 Å². The zero-order chi connectivity index (χ0) is 24.5. The topological polar surface area (TPSA) is 107 Å². The Labute approximate surface area is 200 Å². The van der Waals surface area contributed by atoms with Crippen LogP contribution in [0.2, 0.25) is 0 Å². The molecule has 1 aromatic rings. The summed E-state index contributed by atoms with van der Waals surface area (Å²) in [5, 5.41) is 0. The first-order valence-corrected chi connectivity index (χ1v) is 11.8. The lowest BCUT2D eigenvalue weighted by Crippen LogP contribution is -2.63. The highest BCUT2D eigenvalue weighted by Crippen LogP contribution is 2.33. The smallest absolute Gasteiger partial charge is 0.303 e. The average Bonchev–Trinajstić information content (AvgIpc) is 2.80. The maximum absolute atomic E-state index is 12.0. The third kappa shape index (κ3) is 7.78. The number of carbonyl (C=O) groups is 3. The summed E-state index contributed by atoms with van der Waals surface area (Å²) in [5.41, 5.74) is 0.909. The van der Waals surface area contributed by atoms with Gasteiger partial charge in [0.2, 0.25) is 0 Å². The monoisotopic (exact) mass is 478 g/mol. The van der Waals surface area contributed by atoms with E-state index in [9.17, 15) is 14.4 Å². The predicted octanol–water partition coefficient (Wildman–Crippen LogP) is 3.07. The minimum Gasteiger partial charge on any atom is -0.463 e. The van der Waals surface area contributed by atoms with Crippen LogP contribution in [0.3, 0.4) is 0 Å². The summed E-state index contributed by atoms with van der Waals surface area (Å²) in [6.45, 7) is 3.80. The fourth-order valence-corrected chi connectivity index (χ4v) is 4.31. The molecule has 2 fully saturated rings. The Hall–Kier alpha value is -2.49. The third-order valence-corrected chi connectivity index (χ3v) is 5.81. The molecule has 3 rings (SSSR count). The minimum absolute atomic E-state index is 0.0424. The standard InChI is InChI=1S/C25H34O9/c1-16(26)29-15-21-22(31-17(2)27)23(32-18(3)28)24(30-14-19-10-6-4-7-11-19)25(34-21)33-20-12-8-5-9-13-20/h4,6-7,10-11,20-25H,5,8-9,12-15H2,1-3H3/t21-,22-,23+,24-,25-/m1/s1. The number of hydrogen-bond donors (Lipinski definition) is 0. The lowest BCUT2D eigenvalue weighted by molar-refractivity contribution is -0.325. The lowest BCUT2D eigenvalue weighted by atomic mass is 9.96. The van der Waals surface area contributed by atoms with Crippen molar-refractivity contribution in [1.29, 1.82) is 0 Å². The van der Waals surface area contributed by atoms with Crippen molar-refractivity contribution in [2.45, 2.75) is 96.3 Å². The highest BCUT2D eigenvalue weighted by Gasteiger charge is 2.52. The highest BCUT2D eigenvalue weighted by molar-refractivity contribution is 5.67. The average molecular weight is 479 g/mol. The maximum Gasteiger partial charge on any atom is 0.303 e. The first-order chi connectivity index (χ1) is 16.3. The van der Waals surface area contributed by atoms with Crippen molar-refractivity contribution in [3.8, 4) is 0 Å². The zero-order valence-corrected chi connectivity index (χ0v) is 20.0. The normalized spacial score (nSPS) is 27.6. The van der Waals surface area contributed by atoms with E-state index < -0.39 is 48.6 Å².